The average molecular weight is 335 g/mol. The highest BCUT2D eigenvalue weighted by Crippen LogP contribution is 2.45. The summed E-state index contributed by atoms with van der Waals surface area (Å²) in [4.78, 5) is 2.70. The van der Waals surface area contributed by atoms with Crippen LogP contribution in [0.1, 0.15) is 30.4 Å². The molecule has 2 fully saturated rings. The molecule has 1 aromatic rings. The van der Waals surface area contributed by atoms with Crippen molar-refractivity contribution in [3.8, 4) is 0 Å². The van der Waals surface area contributed by atoms with Gasteiger partial charge in [-0.15, -0.1) is 0 Å². The van der Waals surface area contributed by atoms with Gasteiger partial charge in [0.05, 0.1) is 0 Å². The zero-order chi connectivity index (χ0) is 17.0. The molecule has 0 saturated carbocycles. The minimum absolute atomic E-state index is 0.440. The molecule has 25 heavy (non-hydrogen) atoms. The summed E-state index contributed by atoms with van der Waals surface area (Å²) in [5.74, 6) is 1.58. The lowest BCUT2D eigenvalue weighted by atomic mass is 9.74. The van der Waals surface area contributed by atoms with Crippen LogP contribution in [0.15, 0.2) is 41.1 Å². The third-order valence-electron chi connectivity index (χ3n) is 6.74. The zero-order valence-corrected chi connectivity index (χ0v) is 15.4. The van der Waals surface area contributed by atoms with Crippen molar-refractivity contribution in [2.24, 2.45) is 11.8 Å². The second-order valence-corrected chi connectivity index (χ2v) is 8.39. The van der Waals surface area contributed by atoms with Crippen LogP contribution in [0.25, 0.3) is 0 Å². The molecule has 0 spiro atoms. The Labute approximate surface area is 151 Å². The predicted molar refractivity (Wildman–Crippen MR) is 104 cm³/mol. The molecule has 1 aliphatic carbocycles. The summed E-state index contributed by atoms with van der Waals surface area (Å²) in [6.07, 6.45) is 6.27. The Morgan fingerprint density at radius 3 is 2.96 bits per heavy atom. The minimum atomic E-state index is 0.440. The first-order valence-corrected chi connectivity index (χ1v) is 9.92. The lowest BCUT2D eigenvalue weighted by Crippen LogP contribution is -2.44. The minimum Gasteiger partial charge on any atom is -0.378 e. The van der Waals surface area contributed by atoms with E-state index in [1.807, 2.05) is 0 Å². The van der Waals surface area contributed by atoms with Crippen molar-refractivity contribution in [3.05, 3.63) is 52.2 Å². The first kappa shape index (κ1) is 15.5. The van der Waals surface area contributed by atoms with Crippen LogP contribution >= 0.6 is 0 Å². The normalized spacial score (nSPS) is 30.7. The Kier molecular flexibility index (Phi) is 3.67. The first-order chi connectivity index (χ1) is 12.2. The molecule has 3 nitrogen and oxygen atoms in total. The maximum absolute atomic E-state index is 3.82. The van der Waals surface area contributed by atoms with Crippen LogP contribution < -0.4 is 10.6 Å². The molecule has 5 rings (SSSR count). The maximum atomic E-state index is 3.82. The van der Waals surface area contributed by atoms with E-state index in [-0.39, 0.29) is 0 Å². The number of aryl methyl sites for hydroxylation is 2. The van der Waals surface area contributed by atoms with Crippen LogP contribution in [0, 0.1) is 25.7 Å². The van der Waals surface area contributed by atoms with Crippen LogP contribution in [0.5, 0.6) is 0 Å². The first-order valence-electron chi connectivity index (χ1n) is 9.92. The maximum Gasteiger partial charge on any atom is 0.0488 e. The van der Waals surface area contributed by atoms with Gasteiger partial charge in [-0.2, -0.15) is 0 Å². The number of anilines is 1. The Bertz CT molecular complexity index is 761. The monoisotopic (exact) mass is 335 g/mol. The standard InChI is InChI=1S/C22H29N3/c1-14-5-6-18(8-15(14)2)24-19-9-16-4-3-7-25-13-17-11-23-12-21(17)20(10-19)22(16)25/h5-6,8-9,17,19,21,23-24H,3-4,7,10-13H2,1-2H3/t17-,19?,21-/m1/s1. The van der Waals surface area contributed by atoms with Crippen LogP contribution in [0.4, 0.5) is 5.69 Å². The van der Waals surface area contributed by atoms with E-state index in [9.17, 15) is 0 Å². The Hall–Kier alpha value is -1.74. The van der Waals surface area contributed by atoms with E-state index >= 15 is 0 Å². The number of allylic oxidation sites excluding steroid dienone is 1. The van der Waals surface area contributed by atoms with Crippen molar-refractivity contribution >= 4 is 5.69 Å². The van der Waals surface area contributed by atoms with Gasteiger partial charge in [0.1, 0.15) is 0 Å². The number of hydrogen-bond acceptors (Lipinski definition) is 3. The molecule has 132 valence electrons. The topological polar surface area (TPSA) is 27.3 Å². The molecule has 3 aliphatic heterocycles. The molecule has 1 aromatic carbocycles. The van der Waals surface area contributed by atoms with Crippen LogP contribution in [0.2, 0.25) is 0 Å². The lowest BCUT2D eigenvalue weighted by Gasteiger charge is -2.46. The van der Waals surface area contributed by atoms with Gasteiger partial charge in [0, 0.05) is 49.5 Å². The number of rotatable bonds is 2. The summed E-state index contributed by atoms with van der Waals surface area (Å²) in [5, 5.41) is 7.47. The van der Waals surface area contributed by atoms with Gasteiger partial charge in [0.25, 0.3) is 0 Å². The number of hydrogen-bond donors (Lipinski definition) is 2. The van der Waals surface area contributed by atoms with Gasteiger partial charge in [-0.05, 0) is 73.4 Å². The molecular weight excluding hydrogens is 306 g/mol. The largest absolute Gasteiger partial charge is 0.378 e. The van der Waals surface area contributed by atoms with Gasteiger partial charge < -0.3 is 15.5 Å². The summed E-state index contributed by atoms with van der Waals surface area (Å²) in [7, 11) is 0. The number of benzene rings is 1. The summed E-state index contributed by atoms with van der Waals surface area (Å²) >= 11 is 0. The van der Waals surface area contributed by atoms with Crippen LogP contribution in [-0.4, -0.2) is 37.1 Å². The van der Waals surface area contributed by atoms with Crippen LogP contribution in [0.3, 0.4) is 0 Å². The third-order valence-corrected chi connectivity index (χ3v) is 6.74. The third kappa shape index (κ3) is 2.60. The molecule has 3 heterocycles. The number of nitrogens with one attached hydrogen (secondary N) is 2. The average Bonchev–Trinajstić information content (AvgIpc) is 3.07. The van der Waals surface area contributed by atoms with E-state index < -0.39 is 0 Å². The fraction of sp³-hybridized carbons (Fsp3) is 0.545. The predicted octanol–water partition coefficient (Wildman–Crippen LogP) is 3.61. The molecule has 2 saturated heterocycles. The number of nitrogens with zero attached hydrogens (tertiary/aromatic N) is 1. The van der Waals surface area contributed by atoms with Gasteiger partial charge in [-0.3, -0.25) is 0 Å². The van der Waals surface area contributed by atoms with Gasteiger partial charge in [0.2, 0.25) is 0 Å². The second kappa shape index (κ2) is 5.91. The molecule has 0 amide bonds. The molecule has 4 aliphatic rings. The molecule has 0 aromatic heterocycles. The summed E-state index contributed by atoms with van der Waals surface area (Å²) in [5.41, 5.74) is 8.98. The number of fused-ring (bicyclic) bond motifs is 2. The van der Waals surface area contributed by atoms with E-state index in [4.69, 9.17) is 0 Å². The van der Waals surface area contributed by atoms with Crippen molar-refractivity contribution in [2.75, 3.05) is 31.5 Å². The van der Waals surface area contributed by atoms with Gasteiger partial charge in [0.15, 0.2) is 0 Å². The molecule has 2 N–H and O–H groups in total. The van der Waals surface area contributed by atoms with E-state index in [2.05, 4.69) is 53.7 Å². The summed E-state index contributed by atoms with van der Waals surface area (Å²) in [6.45, 7) is 9.30. The molecule has 0 radical (unpaired) electrons. The van der Waals surface area contributed by atoms with Gasteiger partial charge >= 0.3 is 0 Å². The molecule has 3 heteroatoms. The molecule has 0 bridgehead atoms. The highest BCUT2D eigenvalue weighted by Gasteiger charge is 2.42. The van der Waals surface area contributed by atoms with E-state index in [1.165, 1.54) is 62.3 Å². The van der Waals surface area contributed by atoms with Crippen molar-refractivity contribution in [2.45, 2.75) is 39.2 Å². The van der Waals surface area contributed by atoms with Crippen molar-refractivity contribution in [1.29, 1.82) is 0 Å². The van der Waals surface area contributed by atoms with Crippen molar-refractivity contribution < 1.29 is 0 Å². The number of piperidine rings is 1. The molecular formula is C22H29N3. The fourth-order valence-electron chi connectivity index (χ4n) is 5.36. The SMILES string of the molecule is Cc1ccc(NC2C=C3CCCN4C[C@H]5CNC[C@H]5C(=C34)C2)cc1C. The molecule has 1 unspecified atom stereocenters. The fourth-order valence-corrected chi connectivity index (χ4v) is 5.36. The van der Waals surface area contributed by atoms with E-state index in [0.29, 0.717) is 6.04 Å². The van der Waals surface area contributed by atoms with Crippen LogP contribution in [-0.2, 0) is 0 Å². The molecule has 3 atom stereocenters. The van der Waals surface area contributed by atoms with E-state index in [1.54, 1.807) is 16.8 Å². The van der Waals surface area contributed by atoms with E-state index in [0.717, 1.165) is 11.8 Å². The Balaban J connectivity index is 1.45. The second-order valence-electron chi connectivity index (χ2n) is 8.39. The Morgan fingerprint density at radius 1 is 1.16 bits per heavy atom. The smallest absolute Gasteiger partial charge is 0.0488 e. The summed E-state index contributed by atoms with van der Waals surface area (Å²) < 4.78 is 0. The lowest BCUT2D eigenvalue weighted by molar-refractivity contribution is 0.219. The van der Waals surface area contributed by atoms with Gasteiger partial charge in [-0.1, -0.05) is 12.1 Å². The summed E-state index contributed by atoms with van der Waals surface area (Å²) in [6, 6.07) is 7.21. The Morgan fingerprint density at radius 2 is 2.08 bits per heavy atom. The quantitative estimate of drug-likeness (QED) is 0.864. The highest BCUT2D eigenvalue weighted by molar-refractivity contribution is 5.52. The zero-order valence-electron chi connectivity index (χ0n) is 15.4. The van der Waals surface area contributed by atoms with Gasteiger partial charge in [-0.25, -0.2) is 0 Å². The van der Waals surface area contributed by atoms with Crippen molar-refractivity contribution in [3.63, 3.8) is 0 Å². The highest BCUT2D eigenvalue weighted by atomic mass is 15.2. The van der Waals surface area contributed by atoms with Crippen molar-refractivity contribution in [1.82, 2.24) is 10.2 Å².